The second-order valence-corrected chi connectivity index (χ2v) is 7.63. The van der Waals surface area contributed by atoms with E-state index in [0.29, 0.717) is 0 Å². The van der Waals surface area contributed by atoms with Crippen LogP contribution in [0.5, 0.6) is 5.75 Å². The van der Waals surface area contributed by atoms with Gasteiger partial charge in [-0.3, -0.25) is 24.5 Å². The van der Waals surface area contributed by atoms with Crippen LogP contribution in [-0.2, 0) is 16.0 Å². The molecule has 0 aromatic heterocycles. The van der Waals surface area contributed by atoms with Gasteiger partial charge in [0, 0.05) is 29.5 Å². The van der Waals surface area contributed by atoms with E-state index in [2.05, 4.69) is 0 Å². The Balaban J connectivity index is 1.93. The molecule has 6 N–H and O–H groups in total. The fraction of sp³-hybridized carbons (Fsp3) is 0.316. The van der Waals surface area contributed by atoms with Gasteiger partial charge in [-0.05, 0) is 24.8 Å². The van der Waals surface area contributed by atoms with Crippen molar-refractivity contribution in [2.45, 2.75) is 24.9 Å². The zero-order valence-electron chi connectivity index (χ0n) is 15.3. The molecule has 0 fully saturated rings. The van der Waals surface area contributed by atoms with Gasteiger partial charge in [-0.1, -0.05) is 0 Å². The summed E-state index contributed by atoms with van der Waals surface area (Å²) in [4.78, 5) is 48.1. The van der Waals surface area contributed by atoms with Crippen LogP contribution in [0.25, 0.3) is 0 Å². The molecule has 1 aromatic rings. The highest BCUT2D eigenvalue weighted by atomic mass is 16.6. The number of ketones is 2. The fourth-order valence-electron chi connectivity index (χ4n) is 4.77. The van der Waals surface area contributed by atoms with Crippen LogP contribution < -0.4 is 5.73 Å². The van der Waals surface area contributed by atoms with Gasteiger partial charge in [0.1, 0.15) is 22.8 Å². The number of benzene rings is 1. The van der Waals surface area contributed by atoms with Crippen molar-refractivity contribution in [1.29, 1.82) is 0 Å². The number of carbonyl (C=O) groups excluding carboxylic acids is 3. The minimum absolute atomic E-state index is 0.0169. The maximum absolute atomic E-state index is 13.1. The van der Waals surface area contributed by atoms with Crippen molar-refractivity contribution in [1.82, 2.24) is 0 Å². The molecule has 3 aliphatic carbocycles. The van der Waals surface area contributed by atoms with Gasteiger partial charge >= 0.3 is 0 Å². The van der Waals surface area contributed by atoms with E-state index in [0.717, 1.165) is 12.1 Å². The highest BCUT2D eigenvalue weighted by Crippen LogP contribution is 2.52. The maximum Gasteiger partial charge on any atom is 0.273 e. The molecule has 11 nitrogen and oxygen atoms in total. The zero-order chi connectivity index (χ0) is 22.1. The number of nitrogens with two attached hydrogens (primary N) is 1. The molecule has 0 bridgehead atoms. The van der Waals surface area contributed by atoms with Gasteiger partial charge in [0.25, 0.3) is 11.6 Å². The predicted octanol–water partition coefficient (Wildman–Crippen LogP) is 0.489. The lowest BCUT2D eigenvalue weighted by Gasteiger charge is -2.45. The molecule has 1 amide bonds. The maximum atomic E-state index is 13.1. The number of aliphatic hydroxyl groups is 3. The van der Waals surface area contributed by atoms with Crippen LogP contribution in [0.2, 0.25) is 0 Å². The smallest absolute Gasteiger partial charge is 0.273 e. The quantitative estimate of drug-likeness (QED) is 0.258. The monoisotopic (exact) mass is 416 g/mol. The summed E-state index contributed by atoms with van der Waals surface area (Å²) >= 11 is 0. The Hall–Kier alpha value is -3.73. The van der Waals surface area contributed by atoms with Crippen molar-refractivity contribution in [3.63, 3.8) is 0 Å². The second kappa shape index (κ2) is 6.13. The second-order valence-electron chi connectivity index (χ2n) is 7.63. The third-order valence-electron chi connectivity index (χ3n) is 6.12. The molecule has 156 valence electrons. The first kappa shape index (κ1) is 19.6. The Morgan fingerprint density at radius 1 is 1.20 bits per heavy atom. The highest BCUT2D eigenvalue weighted by Gasteiger charge is 2.59. The van der Waals surface area contributed by atoms with E-state index >= 15 is 0 Å². The number of nitro benzene ring substituents is 1. The van der Waals surface area contributed by atoms with Crippen molar-refractivity contribution in [2.24, 2.45) is 17.6 Å². The molecule has 0 radical (unpaired) electrons. The van der Waals surface area contributed by atoms with Crippen LogP contribution in [0.3, 0.4) is 0 Å². The van der Waals surface area contributed by atoms with Crippen molar-refractivity contribution >= 4 is 23.2 Å². The summed E-state index contributed by atoms with van der Waals surface area (Å²) < 4.78 is 0. The van der Waals surface area contributed by atoms with Crippen molar-refractivity contribution in [3.05, 3.63) is 56.0 Å². The van der Waals surface area contributed by atoms with Crippen LogP contribution >= 0.6 is 0 Å². The summed E-state index contributed by atoms with van der Waals surface area (Å²) in [6.45, 7) is 0. The lowest BCUT2D eigenvalue weighted by molar-refractivity contribution is -0.385. The van der Waals surface area contributed by atoms with Crippen LogP contribution in [0, 0.1) is 22.0 Å². The lowest BCUT2D eigenvalue weighted by atomic mass is 9.60. The van der Waals surface area contributed by atoms with E-state index in [4.69, 9.17) is 5.73 Å². The lowest BCUT2D eigenvalue weighted by Crippen LogP contribution is -2.57. The van der Waals surface area contributed by atoms with Gasteiger partial charge in [0.15, 0.2) is 11.4 Å². The first-order chi connectivity index (χ1) is 14.0. The summed E-state index contributed by atoms with van der Waals surface area (Å²) in [6.07, 6.45) is -0.563. The van der Waals surface area contributed by atoms with Crippen LogP contribution in [-0.4, -0.2) is 48.4 Å². The van der Waals surface area contributed by atoms with Gasteiger partial charge in [-0.25, -0.2) is 0 Å². The molecule has 0 spiro atoms. The molecule has 3 aliphatic rings. The molecule has 1 aromatic carbocycles. The number of hydrogen-bond acceptors (Lipinski definition) is 9. The molecule has 0 aliphatic heterocycles. The fourth-order valence-corrected chi connectivity index (χ4v) is 4.77. The first-order valence-corrected chi connectivity index (χ1v) is 8.96. The molecular formula is C19H16N2O9. The number of phenolic OH excluding ortho intramolecular Hbond substituents is 1. The van der Waals surface area contributed by atoms with E-state index in [1.165, 1.54) is 0 Å². The topological polar surface area (TPSA) is 201 Å². The number of nitrogens with zero attached hydrogens (tertiary/aromatic N) is 1. The Kier molecular flexibility index (Phi) is 4.00. The molecule has 0 saturated heterocycles. The minimum atomic E-state index is -2.66. The third kappa shape index (κ3) is 2.32. The molecule has 4 rings (SSSR count). The number of fused-ring (bicyclic) bond motifs is 3. The summed E-state index contributed by atoms with van der Waals surface area (Å²) in [5, 5.41) is 53.4. The van der Waals surface area contributed by atoms with Gasteiger partial charge in [0.2, 0.25) is 5.78 Å². The average Bonchev–Trinajstić information content (AvgIpc) is 2.64. The van der Waals surface area contributed by atoms with E-state index in [-0.39, 0.29) is 41.6 Å². The number of nitro groups is 1. The molecule has 2 unspecified atom stereocenters. The number of allylic oxidation sites excluding steroid dienone is 2. The number of phenols is 1. The molecule has 30 heavy (non-hydrogen) atoms. The first-order valence-electron chi connectivity index (χ1n) is 8.96. The van der Waals surface area contributed by atoms with Gasteiger partial charge < -0.3 is 26.2 Å². The number of rotatable bonds is 2. The van der Waals surface area contributed by atoms with Gasteiger partial charge in [0.05, 0.1) is 10.5 Å². The van der Waals surface area contributed by atoms with Gasteiger partial charge in [-0.15, -0.1) is 0 Å². The van der Waals surface area contributed by atoms with Crippen molar-refractivity contribution in [3.8, 4) is 5.75 Å². The Labute approximate surface area is 167 Å². The van der Waals surface area contributed by atoms with E-state index < -0.39 is 62.7 Å². The Bertz CT molecular complexity index is 1130. The van der Waals surface area contributed by atoms with Crippen molar-refractivity contribution < 1.29 is 39.7 Å². The number of carbonyl (C=O) groups is 3. The third-order valence-corrected chi connectivity index (χ3v) is 6.12. The number of Topliss-reactive ketones (excluding diaryl/α,β-unsaturated/α-hetero) is 2. The van der Waals surface area contributed by atoms with Crippen LogP contribution in [0.15, 0.2) is 34.8 Å². The van der Waals surface area contributed by atoms with Gasteiger partial charge in [-0.2, -0.15) is 0 Å². The number of aromatic hydroxyl groups is 1. The van der Waals surface area contributed by atoms with E-state index in [9.17, 15) is 44.9 Å². The zero-order valence-corrected chi connectivity index (χ0v) is 15.3. The van der Waals surface area contributed by atoms with Crippen molar-refractivity contribution in [2.75, 3.05) is 0 Å². The van der Waals surface area contributed by atoms with Crippen LogP contribution in [0.1, 0.15) is 28.8 Å². The molecule has 11 heteroatoms. The summed E-state index contributed by atoms with van der Waals surface area (Å²) in [5.41, 5.74) is 0.440. The molecular weight excluding hydrogens is 400 g/mol. The van der Waals surface area contributed by atoms with E-state index in [1.807, 2.05) is 0 Å². The SMILES string of the molecule is NC(=O)C1=C(O)CC2CC3Cc4c([N+](=O)[O-])ccc(O)c4C(=O)C3=C(O)[C@]2(O)C1=O. The number of aliphatic hydroxyl groups excluding tert-OH is 2. The molecule has 0 heterocycles. The molecule has 3 atom stereocenters. The average molecular weight is 416 g/mol. The Morgan fingerprint density at radius 3 is 2.47 bits per heavy atom. The molecule has 0 saturated carbocycles. The highest BCUT2D eigenvalue weighted by molar-refractivity contribution is 6.24. The predicted molar refractivity (Wildman–Crippen MR) is 97.5 cm³/mol. The normalized spacial score (nSPS) is 28.0. The summed E-state index contributed by atoms with van der Waals surface area (Å²) in [5.74, 6) is -7.66. The van der Waals surface area contributed by atoms with Crippen LogP contribution in [0.4, 0.5) is 5.69 Å². The number of amides is 1. The largest absolute Gasteiger partial charge is 0.511 e. The van der Waals surface area contributed by atoms with E-state index in [1.54, 1.807) is 0 Å². The standard InChI is InChI=1S/C19H16N2O9/c20-18(27)14-11(23)5-7-3-6-4-8-9(21(29)30)1-2-10(22)13(8)15(24)12(6)16(25)19(7,28)17(14)26/h1-2,6-7,22-23,25,28H,3-5H2,(H2,20,27)/t6?,7?,19-/m0/s1. The Morgan fingerprint density at radius 2 is 1.87 bits per heavy atom. The summed E-state index contributed by atoms with van der Waals surface area (Å²) in [7, 11) is 0. The number of primary amides is 1. The minimum Gasteiger partial charge on any atom is -0.511 e. The summed E-state index contributed by atoms with van der Waals surface area (Å²) in [6, 6.07) is 2.04. The number of hydrogen-bond donors (Lipinski definition) is 5.